The second-order valence-electron chi connectivity index (χ2n) is 13.0. The molecule has 0 saturated carbocycles. The normalized spacial score (nSPS) is 15.1. The number of urea groups is 1. The number of carbonyl (C=O) groups is 2. The van der Waals surface area contributed by atoms with E-state index in [1.807, 2.05) is 45.1 Å². The number of rotatable bonds is 10. The molecule has 3 amide bonds. The number of methoxy groups -OCH3 is 1. The van der Waals surface area contributed by atoms with Crippen LogP contribution in [0, 0.1) is 5.92 Å². The molecule has 1 N–H and O–H groups in total. The molecule has 0 unspecified atom stereocenters. The van der Waals surface area contributed by atoms with E-state index in [0.29, 0.717) is 31.3 Å². The molecule has 3 aromatic carbocycles. The lowest BCUT2D eigenvalue weighted by molar-refractivity contribution is 0.0939. The van der Waals surface area contributed by atoms with E-state index in [-0.39, 0.29) is 11.9 Å². The monoisotopic (exact) mass is 644 g/mol. The van der Waals surface area contributed by atoms with Crippen molar-refractivity contribution >= 4 is 28.4 Å². The molecule has 0 atom stereocenters. The van der Waals surface area contributed by atoms with Crippen molar-refractivity contribution in [2.45, 2.75) is 45.2 Å². The molecule has 248 valence electrons. The molecule has 0 aliphatic carbocycles. The first-order chi connectivity index (χ1) is 23.6. The van der Waals surface area contributed by atoms with Crippen LogP contribution in [0.2, 0.25) is 0 Å². The van der Waals surface area contributed by atoms with Gasteiger partial charge in [0.15, 0.2) is 0 Å². The zero-order chi connectivity index (χ0) is 32.9. The van der Waals surface area contributed by atoms with Gasteiger partial charge in [0.1, 0.15) is 5.69 Å². The van der Waals surface area contributed by atoms with E-state index in [2.05, 4.69) is 75.7 Å². The number of nitrogens with zero attached hydrogens (tertiary/aromatic N) is 5. The van der Waals surface area contributed by atoms with Crippen molar-refractivity contribution in [1.29, 1.82) is 0 Å². The van der Waals surface area contributed by atoms with E-state index in [0.717, 1.165) is 86.2 Å². The third-order valence-corrected chi connectivity index (χ3v) is 9.85. The molecule has 1 fully saturated rings. The number of hydrogen-bond donors (Lipinski definition) is 1. The van der Waals surface area contributed by atoms with E-state index in [1.54, 1.807) is 7.11 Å². The number of aryl methyl sites for hydroxylation is 1. The van der Waals surface area contributed by atoms with Gasteiger partial charge < -0.3 is 24.1 Å². The minimum Gasteiger partial charge on any atom is -0.385 e. The molecule has 2 aliphatic rings. The zero-order valence-electron chi connectivity index (χ0n) is 27.7. The summed E-state index contributed by atoms with van der Waals surface area (Å²) in [5.74, 6) is 0.340. The van der Waals surface area contributed by atoms with Crippen LogP contribution in [0.25, 0.3) is 21.9 Å². The molecule has 0 bridgehead atoms. The van der Waals surface area contributed by atoms with Crippen LogP contribution in [0.5, 0.6) is 0 Å². The van der Waals surface area contributed by atoms with E-state index >= 15 is 0 Å². The van der Waals surface area contributed by atoms with Gasteiger partial charge >= 0.3 is 6.03 Å². The van der Waals surface area contributed by atoms with E-state index < -0.39 is 0 Å². The largest absolute Gasteiger partial charge is 0.385 e. The summed E-state index contributed by atoms with van der Waals surface area (Å²) < 4.78 is 9.44. The van der Waals surface area contributed by atoms with Crippen LogP contribution in [-0.2, 0) is 24.2 Å². The van der Waals surface area contributed by atoms with Crippen molar-refractivity contribution in [3.05, 3.63) is 108 Å². The number of benzene rings is 3. The number of piperidine rings is 1. The van der Waals surface area contributed by atoms with Crippen LogP contribution in [-0.4, -0.2) is 70.9 Å². The highest BCUT2D eigenvalue weighted by Gasteiger charge is 2.30. The third-order valence-electron chi connectivity index (χ3n) is 9.85. The Labute approximate surface area is 282 Å². The average Bonchev–Trinajstić information content (AvgIpc) is 3.76. The second-order valence-corrected chi connectivity index (χ2v) is 13.0. The van der Waals surface area contributed by atoms with Crippen molar-refractivity contribution in [2.24, 2.45) is 5.92 Å². The summed E-state index contributed by atoms with van der Waals surface area (Å²) in [5.41, 5.74) is 6.10. The molecule has 4 heterocycles. The van der Waals surface area contributed by atoms with Crippen molar-refractivity contribution in [2.75, 3.05) is 44.8 Å². The molecule has 2 aliphatic heterocycles. The first-order valence-electron chi connectivity index (χ1n) is 17.2. The second kappa shape index (κ2) is 14.5. The Kier molecular flexibility index (Phi) is 9.56. The molecule has 7 rings (SSSR count). The van der Waals surface area contributed by atoms with Crippen LogP contribution < -0.4 is 10.2 Å². The number of ether oxygens (including phenoxy) is 1. The Bertz CT molecular complexity index is 1880. The van der Waals surface area contributed by atoms with Gasteiger partial charge in [-0.2, -0.15) is 0 Å². The highest BCUT2D eigenvalue weighted by Crippen LogP contribution is 2.32. The minimum atomic E-state index is -0.1000. The molecule has 0 radical (unpaired) electrons. The number of carbonyl (C=O) groups excluding carboxylic acids is 2. The minimum absolute atomic E-state index is 0.1000. The molecular weight excluding hydrogens is 600 g/mol. The maximum absolute atomic E-state index is 13.6. The number of likely N-dealkylation sites (tertiary alicyclic amines) is 1. The molecule has 1 saturated heterocycles. The Morgan fingerprint density at radius 3 is 2.65 bits per heavy atom. The summed E-state index contributed by atoms with van der Waals surface area (Å²) in [6.45, 7) is 4.79. The molecule has 0 spiro atoms. The number of para-hydroxylation sites is 1. The standard InChI is InChI=1S/C39H44N6O3/c1-48-22-8-18-41-38(46)37-23-32(35-14-6-11-30-9-2-4-13-34(30)35)26-43(37)27-33-24-40-28-44(33)25-29-16-20-42(21-17-29)39(47)45-19-7-12-31-10-3-5-15-36(31)45/h2-6,9-11,13-15,23-24,26,28-29H,7-8,12,16-22,25,27H2,1H3,(H,41,46). The topological polar surface area (TPSA) is 84.6 Å². The molecule has 9 heteroatoms. The van der Waals surface area contributed by atoms with Gasteiger partial charge in [-0.1, -0.05) is 60.7 Å². The van der Waals surface area contributed by atoms with E-state index in [1.165, 1.54) is 10.9 Å². The van der Waals surface area contributed by atoms with Crippen molar-refractivity contribution in [3.8, 4) is 11.1 Å². The number of hydrogen-bond acceptors (Lipinski definition) is 4. The van der Waals surface area contributed by atoms with E-state index in [4.69, 9.17) is 4.74 Å². The highest BCUT2D eigenvalue weighted by molar-refractivity contribution is 5.99. The summed E-state index contributed by atoms with van der Waals surface area (Å²) in [6.07, 6.45) is 10.6. The van der Waals surface area contributed by atoms with Crippen LogP contribution in [0.3, 0.4) is 0 Å². The molecule has 48 heavy (non-hydrogen) atoms. The van der Waals surface area contributed by atoms with Gasteiger partial charge in [0, 0.05) is 70.1 Å². The van der Waals surface area contributed by atoms with Crippen molar-refractivity contribution in [3.63, 3.8) is 0 Å². The first-order valence-corrected chi connectivity index (χ1v) is 17.2. The smallest absolute Gasteiger partial charge is 0.324 e. The number of aromatic nitrogens is 3. The Morgan fingerprint density at radius 2 is 1.77 bits per heavy atom. The number of nitrogens with one attached hydrogen (secondary N) is 1. The Balaban J connectivity index is 1.05. The van der Waals surface area contributed by atoms with Gasteiger partial charge in [-0.3, -0.25) is 9.69 Å². The SMILES string of the molecule is COCCCNC(=O)c1cc(-c2cccc3ccccc23)cn1Cc1cncn1CC1CCN(C(=O)N2CCCc3ccccc32)CC1. The quantitative estimate of drug-likeness (QED) is 0.174. The average molecular weight is 645 g/mol. The van der Waals surface area contributed by atoms with Crippen molar-refractivity contribution < 1.29 is 14.3 Å². The summed E-state index contributed by atoms with van der Waals surface area (Å²) in [7, 11) is 1.67. The first kappa shape index (κ1) is 31.7. The predicted octanol–water partition coefficient (Wildman–Crippen LogP) is 6.60. The summed E-state index contributed by atoms with van der Waals surface area (Å²) in [5, 5.41) is 5.40. The summed E-state index contributed by atoms with van der Waals surface area (Å²) in [6, 6.07) is 25.1. The number of imidazole rings is 1. The Hall–Kier alpha value is -4.89. The number of fused-ring (bicyclic) bond motifs is 2. The highest BCUT2D eigenvalue weighted by atomic mass is 16.5. The van der Waals surface area contributed by atoms with Gasteiger partial charge in [-0.25, -0.2) is 9.78 Å². The lowest BCUT2D eigenvalue weighted by atomic mass is 9.96. The summed E-state index contributed by atoms with van der Waals surface area (Å²) in [4.78, 5) is 35.6. The maximum Gasteiger partial charge on any atom is 0.324 e. The van der Waals surface area contributed by atoms with Gasteiger partial charge in [0.2, 0.25) is 0 Å². The molecular formula is C39H44N6O3. The maximum atomic E-state index is 13.6. The Morgan fingerprint density at radius 1 is 0.958 bits per heavy atom. The number of anilines is 1. The van der Waals surface area contributed by atoms with E-state index in [9.17, 15) is 9.59 Å². The number of amides is 3. The fraction of sp³-hybridized carbons (Fsp3) is 0.359. The van der Waals surface area contributed by atoms with Crippen LogP contribution in [0.1, 0.15) is 47.4 Å². The van der Waals surface area contributed by atoms with Gasteiger partial charge in [0.25, 0.3) is 5.91 Å². The third kappa shape index (κ3) is 6.73. The molecule has 2 aromatic heterocycles. The molecule has 5 aromatic rings. The van der Waals surface area contributed by atoms with Gasteiger partial charge in [0.05, 0.1) is 18.6 Å². The zero-order valence-corrected chi connectivity index (χ0v) is 27.7. The van der Waals surface area contributed by atoms with Gasteiger partial charge in [-0.15, -0.1) is 0 Å². The lowest BCUT2D eigenvalue weighted by Crippen LogP contribution is -2.48. The predicted molar refractivity (Wildman–Crippen MR) is 189 cm³/mol. The van der Waals surface area contributed by atoms with Crippen LogP contribution >= 0.6 is 0 Å². The van der Waals surface area contributed by atoms with Crippen molar-refractivity contribution in [1.82, 2.24) is 24.3 Å². The van der Waals surface area contributed by atoms with Gasteiger partial charge in [-0.05, 0) is 72.1 Å². The van der Waals surface area contributed by atoms with Crippen LogP contribution in [0.4, 0.5) is 10.5 Å². The van der Waals surface area contributed by atoms with Crippen LogP contribution in [0.15, 0.2) is 91.5 Å². The lowest BCUT2D eigenvalue weighted by Gasteiger charge is -2.38. The summed E-state index contributed by atoms with van der Waals surface area (Å²) >= 11 is 0. The molecule has 9 nitrogen and oxygen atoms in total. The fourth-order valence-electron chi connectivity index (χ4n) is 7.27. The fourth-order valence-corrected chi connectivity index (χ4v) is 7.27.